The van der Waals surface area contributed by atoms with Crippen molar-refractivity contribution in [2.24, 2.45) is 10.9 Å². The number of carbonyl (C=O) groups excluding carboxylic acids is 2. The number of ketones is 2. The first-order valence-corrected chi connectivity index (χ1v) is 9.25. The lowest BCUT2D eigenvalue weighted by molar-refractivity contribution is -0.115. The molecule has 1 aliphatic rings. The lowest BCUT2D eigenvalue weighted by Crippen LogP contribution is -2.32. The zero-order valence-electron chi connectivity index (χ0n) is 14.1. The standard InChI is InChI=1S/C17H17F2NO4S/c1-9-7-13(21)15(10(2)20-9)16(22)12-6-5-11(17(3,18)19)8-14(12)25(4,23)24/h5-8,15H,1-4H3. The molecule has 0 spiro atoms. The molecule has 0 aliphatic carbocycles. The minimum atomic E-state index is -3.97. The Hall–Kier alpha value is -2.22. The van der Waals surface area contributed by atoms with Gasteiger partial charge in [0.2, 0.25) is 0 Å². The molecule has 0 saturated carbocycles. The number of allylic oxidation sites excluding steroid dienone is 2. The van der Waals surface area contributed by atoms with Crippen molar-refractivity contribution in [3.8, 4) is 0 Å². The lowest BCUT2D eigenvalue weighted by Gasteiger charge is -2.19. The van der Waals surface area contributed by atoms with Gasteiger partial charge < -0.3 is 0 Å². The predicted octanol–water partition coefficient (Wildman–Crippen LogP) is 2.95. The lowest BCUT2D eigenvalue weighted by atomic mass is 9.87. The Morgan fingerprint density at radius 2 is 1.84 bits per heavy atom. The molecule has 25 heavy (non-hydrogen) atoms. The third kappa shape index (κ3) is 3.89. The number of halogens is 2. The molecule has 0 amide bonds. The van der Waals surface area contributed by atoms with Gasteiger partial charge in [-0.25, -0.2) is 17.2 Å². The Morgan fingerprint density at radius 3 is 2.32 bits per heavy atom. The summed E-state index contributed by atoms with van der Waals surface area (Å²) in [5.74, 6) is -5.81. The number of hydrogen-bond acceptors (Lipinski definition) is 5. The topological polar surface area (TPSA) is 80.6 Å². The summed E-state index contributed by atoms with van der Waals surface area (Å²) in [4.78, 5) is 28.5. The molecule has 0 N–H and O–H groups in total. The Balaban J connectivity index is 2.62. The number of carbonyl (C=O) groups is 2. The van der Waals surface area contributed by atoms with Crippen LogP contribution in [0, 0.1) is 5.92 Å². The second-order valence-electron chi connectivity index (χ2n) is 6.11. The van der Waals surface area contributed by atoms with Gasteiger partial charge in [-0.05, 0) is 26.0 Å². The molecule has 0 saturated heterocycles. The highest BCUT2D eigenvalue weighted by molar-refractivity contribution is 7.90. The first-order valence-electron chi connectivity index (χ1n) is 7.36. The number of benzene rings is 1. The largest absolute Gasteiger partial charge is 0.294 e. The van der Waals surface area contributed by atoms with E-state index in [0.29, 0.717) is 12.6 Å². The maximum Gasteiger partial charge on any atom is 0.270 e. The molecule has 5 nitrogen and oxygen atoms in total. The maximum atomic E-state index is 13.5. The second kappa shape index (κ2) is 6.25. The van der Waals surface area contributed by atoms with Crippen molar-refractivity contribution in [1.82, 2.24) is 0 Å². The van der Waals surface area contributed by atoms with Crippen LogP contribution < -0.4 is 0 Å². The average Bonchev–Trinajstić information content (AvgIpc) is 2.43. The molecule has 1 aromatic carbocycles. The summed E-state index contributed by atoms with van der Waals surface area (Å²) in [6, 6.07) is 2.80. The van der Waals surface area contributed by atoms with Crippen molar-refractivity contribution in [2.75, 3.05) is 6.26 Å². The van der Waals surface area contributed by atoms with Crippen LogP contribution in [-0.2, 0) is 20.6 Å². The molecule has 0 fully saturated rings. The summed E-state index contributed by atoms with van der Waals surface area (Å²) >= 11 is 0. The Labute approximate surface area is 144 Å². The van der Waals surface area contributed by atoms with Crippen LogP contribution in [0.15, 0.2) is 39.9 Å². The predicted molar refractivity (Wildman–Crippen MR) is 88.8 cm³/mol. The fourth-order valence-electron chi connectivity index (χ4n) is 2.65. The van der Waals surface area contributed by atoms with E-state index in [1.165, 1.54) is 13.0 Å². The highest BCUT2D eigenvalue weighted by Crippen LogP contribution is 2.31. The van der Waals surface area contributed by atoms with Crippen LogP contribution in [0.1, 0.15) is 36.7 Å². The van der Waals surface area contributed by atoms with E-state index < -0.39 is 43.7 Å². The summed E-state index contributed by atoms with van der Waals surface area (Å²) in [5.41, 5.74) is -0.146. The van der Waals surface area contributed by atoms with Crippen LogP contribution in [0.3, 0.4) is 0 Å². The van der Waals surface area contributed by atoms with E-state index in [-0.39, 0.29) is 11.3 Å². The highest BCUT2D eigenvalue weighted by Gasteiger charge is 2.35. The molecular formula is C17H17F2NO4S. The summed E-state index contributed by atoms with van der Waals surface area (Å²) in [6.45, 7) is 3.72. The molecule has 0 aromatic heterocycles. The Bertz CT molecular complexity index is 924. The molecule has 1 aliphatic heterocycles. The van der Waals surface area contributed by atoms with Crippen LogP contribution in [0.4, 0.5) is 8.78 Å². The molecule has 8 heteroatoms. The number of rotatable bonds is 4. The van der Waals surface area contributed by atoms with Gasteiger partial charge in [-0.15, -0.1) is 0 Å². The molecule has 134 valence electrons. The molecule has 2 rings (SSSR count). The Morgan fingerprint density at radius 1 is 1.24 bits per heavy atom. The van der Waals surface area contributed by atoms with Crippen LogP contribution in [-0.4, -0.2) is 32.0 Å². The van der Waals surface area contributed by atoms with Crippen LogP contribution >= 0.6 is 0 Å². The minimum Gasteiger partial charge on any atom is -0.294 e. The van der Waals surface area contributed by atoms with E-state index >= 15 is 0 Å². The van der Waals surface area contributed by atoms with Crippen molar-refractivity contribution in [1.29, 1.82) is 0 Å². The fraction of sp³-hybridized carbons (Fsp3) is 0.353. The third-order valence-corrected chi connectivity index (χ3v) is 4.96. The quantitative estimate of drug-likeness (QED) is 0.604. The monoisotopic (exact) mass is 369 g/mol. The van der Waals surface area contributed by atoms with E-state index in [9.17, 15) is 26.8 Å². The van der Waals surface area contributed by atoms with Crippen molar-refractivity contribution in [3.63, 3.8) is 0 Å². The second-order valence-corrected chi connectivity index (χ2v) is 8.09. The number of alkyl halides is 2. The Kier molecular flexibility index (Phi) is 4.78. The highest BCUT2D eigenvalue weighted by atomic mass is 32.2. The van der Waals surface area contributed by atoms with E-state index in [1.807, 2.05) is 0 Å². The zero-order valence-corrected chi connectivity index (χ0v) is 14.9. The maximum absolute atomic E-state index is 13.5. The first kappa shape index (κ1) is 19.1. The average molecular weight is 369 g/mol. The van der Waals surface area contributed by atoms with Crippen LogP contribution in [0.5, 0.6) is 0 Å². The van der Waals surface area contributed by atoms with Gasteiger partial charge in [-0.1, -0.05) is 6.07 Å². The van der Waals surface area contributed by atoms with Gasteiger partial charge >= 0.3 is 0 Å². The SMILES string of the molecule is CC1=CC(=O)C(C(=O)c2ccc(C(C)(F)F)cc2S(C)(=O)=O)C(C)=N1. The van der Waals surface area contributed by atoms with E-state index in [4.69, 9.17) is 0 Å². The van der Waals surface area contributed by atoms with Crippen molar-refractivity contribution in [2.45, 2.75) is 31.6 Å². The third-order valence-electron chi connectivity index (χ3n) is 3.82. The van der Waals surface area contributed by atoms with E-state index in [1.54, 1.807) is 6.92 Å². The van der Waals surface area contributed by atoms with Crippen molar-refractivity contribution in [3.05, 3.63) is 41.1 Å². The van der Waals surface area contributed by atoms with Crippen molar-refractivity contribution < 1.29 is 26.8 Å². The fourth-order valence-corrected chi connectivity index (χ4v) is 3.56. The smallest absolute Gasteiger partial charge is 0.270 e. The number of Topliss-reactive ketones (excluding diaryl/α,β-unsaturated/α-hetero) is 1. The van der Waals surface area contributed by atoms with Crippen molar-refractivity contribution >= 4 is 27.1 Å². The van der Waals surface area contributed by atoms with Gasteiger partial charge in [-0.3, -0.25) is 14.6 Å². The minimum absolute atomic E-state index is 0.236. The number of hydrogen-bond donors (Lipinski definition) is 0. The normalized spacial score (nSPS) is 18.6. The van der Waals surface area contributed by atoms with Gasteiger partial charge in [-0.2, -0.15) is 0 Å². The van der Waals surface area contributed by atoms with Gasteiger partial charge in [0, 0.05) is 41.8 Å². The van der Waals surface area contributed by atoms with Gasteiger partial charge in [0.25, 0.3) is 5.92 Å². The number of aliphatic imine (C=N–C) groups is 1. The molecule has 1 atom stereocenters. The number of nitrogens with zero attached hydrogens (tertiary/aromatic N) is 1. The van der Waals surface area contributed by atoms with Gasteiger partial charge in [0.15, 0.2) is 21.4 Å². The summed E-state index contributed by atoms with van der Waals surface area (Å²) < 4.78 is 51.1. The summed E-state index contributed by atoms with van der Waals surface area (Å²) in [6.07, 6.45) is 2.02. The van der Waals surface area contributed by atoms with E-state index in [0.717, 1.165) is 24.5 Å². The van der Waals surface area contributed by atoms with Gasteiger partial charge in [0.05, 0.1) is 4.90 Å². The van der Waals surface area contributed by atoms with Gasteiger partial charge in [0.1, 0.15) is 5.92 Å². The molecule has 1 heterocycles. The summed E-state index contributed by atoms with van der Waals surface area (Å²) in [7, 11) is -3.97. The number of sulfone groups is 1. The summed E-state index contributed by atoms with van der Waals surface area (Å²) in [5, 5.41) is 0. The molecular weight excluding hydrogens is 352 g/mol. The molecule has 0 radical (unpaired) electrons. The molecule has 1 aromatic rings. The molecule has 1 unspecified atom stereocenters. The van der Waals surface area contributed by atoms with Crippen LogP contribution in [0.2, 0.25) is 0 Å². The first-order chi connectivity index (χ1) is 11.3. The zero-order chi connectivity index (χ0) is 19.2. The molecule has 0 bridgehead atoms. The van der Waals surface area contributed by atoms with Crippen LogP contribution in [0.25, 0.3) is 0 Å². The van der Waals surface area contributed by atoms with E-state index in [2.05, 4.69) is 4.99 Å².